The highest BCUT2D eigenvalue weighted by molar-refractivity contribution is 9.10. The number of hydrogen-bond donors (Lipinski definition) is 2. The van der Waals surface area contributed by atoms with Crippen LogP contribution in [-0.2, 0) is 16.1 Å². The second kappa shape index (κ2) is 8.22. The van der Waals surface area contributed by atoms with E-state index >= 15 is 0 Å². The maximum atomic E-state index is 12.2. The highest BCUT2D eigenvalue weighted by Crippen LogP contribution is 2.39. The van der Waals surface area contributed by atoms with E-state index in [0.717, 1.165) is 10.6 Å². The number of alkyl halides is 1. The molecule has 1 aliphatic rings. The first-order chi connectivity index (χ1) is 12.1. The third-order valence-electron chi connectivity index (χ3n) is 4.64. The molecule has 1 aromatic rings. The molecule has 0 bridgehead atoms. The Bertz CT molecular complexity index is 672. The average molecular weight is 425 g/mol. The van der Waals surface area contributed by atoms with Crippen LogP contribution in [0.2, 0.25) is 0 Å². The Labute approximate surface area is 162 Å². The molecule has 26 heavy (non-hydrogen) atoms. The van der Waals surface area contributed by atoms with Gasteiger partial charge in [-0.25, -0.2) is 15.2 Å². The molecule has 0 aromatic heterocycles. The van der Waals surface area contributed by atoms with Crippen molar-refractivity contribution < 1.29 is 19.4 Å². The first-order valence-corrected chi connectivity index (χ1v) is 9.40. The molecule has 0 saturated heterocycles. The smallest absolute Gasteiger partial charge is 0.426 e. The van der Waals surface area contributed by atoms with Gasteiger partial charge < -0.3 is 9.84 Å². The number of carbonyl (C=O) groups excluding carboxylic acids is 1. The molecule has 7 heteroatoms. The van der Waals surface area contributed by atoms with Crippen molar-refractivity contribution in [2.24, 2.45) is 5.41 Å². The maximum Gasteiger partial charge on any atom is 0.426 e. The molecule has 0 spiro atoms. The van der Waals surface area contributed by atoms with E-state index in [1.165, 1.54) is 6.20 Å². The zero-order chi connectivity index (χ0) is 19.4. The molecule has 1 aromatic carbocycles. The Balaban J connectivity index is 1.93. The van der Waals surface area contributed by atoms with Gasteiger partial charge in [0.25, 0.3) is 0 Å². The van der Waals surface area contributed by atoms with Crippen molar-refractivity contribution in [1.29, 1.82) is 0 Å². The summed E-state index contributed by atoms with van der Waals surface area (Å²) in [7, 11) is 0. The van der Waals surface area contributed by atoms with Crippen LogP contribution in [0.25, 0.3) is 0 Å². The van der Waals surface area contributed by atoms with E-state index < -0.39 is 16.5 Å². The number of ether oxygens (including phenoxy) is 1. The summed E-state index contributed by atoms with van der Waals surface area (Å²) < 4.78 is 5.35. The van der Waals surface area contributed by atoms with Gasteiger partial charge in [-0.1, -0.05) is 67.0 Å². The Morgan fingerprint density at radius 2 is 1.96 bits per heavy atom. The summed E-state index contributed by atoms with van der Waals surface area (Å²) in [5.74, 6) is -0.324. The summed E-state index contributed by atoms with van der Waals surface area (Å²) in [6.07, 6.45) is 3.40. The van der Waals surface area contributed by atoms with Crippen LogP contribution in [0.15, 0.2) is 42.6 Å². The number of amides is 1. The van der Waals surface area contributed by atoms with Gasteiger partial charge in [-0.05, 0) is 29.9 Å². The average Bonchev–Trinajstić information content (AvgIpc) is 3.04. The minimum atomic E-state index is -1.06. The third-order valence-corrected chi connectivity index (χ3v) is 5.48. The number of nitrogens with one attached hydrogen (secondary N) is 1. The summed E-state index contributed by atoms with van der Waals surface area (Å²) in [6, 6.07) is 9.51. The fourth-order valence-corrected chi connectivity index (χ4v) is 3.19. The number of esters is 1. The van der Waals surface area contributed by atoms with E-state index in [1.54, 1.807) is 0 Å². The van der Waals surface area contributed by atoms with Crippen LogP contribution in [0.1, 0.15) is 39.2 Å². The molecule has 0 saturated carbocycles. The maximum absolute atomic E-state index is 12.2. The molecule has 1 amide bonds. The summed E-state index contributed by atoms with van der Waals surface area (Å²) in [6.45, 7) is 6.34. The first-order valence-electron chi connectivity index (χ1n) is 8.49. The van der Waals surface area contributed by atoms with Crippen LogP contribution in [-0.4, -0.2) is 32.5 Å². The lowest BCUT2D eigenvalue weighted by molar-refractivity contribution is -0.144. The highest BCUT2D eigenvalue weighted by Gasteiger charge is 2.45. The van der Waals surface area contributed by atoms with Crippen LogP contribution in [0.5, 0.6) is 0 Å². The topological polar surface area (TPSA) is 78.9 Å². The molecule has 0 fully saturated rings. The minimum absolute atomic E-state index is 0.233. The van der Waals surface area contributed by atoms with Crippen LogP contribution in [0, 0.1) is 5.41 Å². The van der Waals surface area contributed by atoms with Crippen molar-refractivity contribution in [3.8, 4) is 0 Å². The van der Waals surface area contributed by atoms with Crippen LogP contribution < -0.4 is 5.43 Å². The second-order valence-corrected chi connectivity index (χ2v) is 8.51. The lowest BCUT2D eigenvalue weighted by Gasteiger charge is -2.41. The normalized spacial score (nSPS) is 20.8. The van der Waals surface area contributed by atoms with Crippen molar-refractivity contribution in [1.82, 2.24) is 10.4 Å². The molecule has 0 aliphatic carbocycles. The number of rotatable bonds is 6. The lowest BCUT2D eigenvalue weighted by Crippen LogP contribution is -2.56. The summed E-state index contributed by atoms with van der Waals surface area (Å²) in [4.78, 5) is 23.0. The molecule has 2 N–H and O–H groups in total. The van der Waals surface area contributed by atoms with E-state index in [1.807, 2.05) is 57.2 Å². The van der Waals surface area contributed by atoms with E-state index in [-0.39, 0.29) is 18.0 Å². The van der Waals surface area contributed by atoms with Gasteiger partial charge in [0.1, 0.15) is 11.4 Å². The molecule has 0 radical (unpaired) electrons. The number of halogens is 1. The highest BCUT2D eigenvalue weighted by atomic mass is 79.9. The van der Waals surface area contributed by atoms with Gasteiger partial charge in [-0.3, -0.25) is 4.79 Å². The Kier molecular flexibility index (Phi) is 6.47. The standard InChI is InChI=1S/C19H25BrN2O4/c1-18(2,3)19(11-12-22(21-19)17(24)25)10-9-15(20)16(23)26-13-14-7-5-4-6-8-14/h4-8,11-12,15,21H,9-10,13H2,1-3H3,(H,24,25). The van der Waals surface area contributed by atoms with E-state index in [2.05, 4.69) is 21.4 Å². The van der Waals surface area contributed by atoms with E-state index in [0.29, 0.717) is 12.8 Å². The molecule has 2 unspecified atom stereocenters. The number of carboxylic acid groups (broad SMARTS) is 1. The molecule has 142 valence electrons. The molecule has 2 atom stereocenters. The molecule has 6 nitrogen and oxygen atoms in total. The number of benzene rings is 1. The second-order valence-electron chi connectivity index (χ2n) is 7.40. The van der Waals surface area contributed by atoms with Crippen molar-refractivity contribution >= 4 is 28.0 Å². The molecular formula is C19H25BrN2O4. The Morgan fingerprint density at radius 1 is 1.31 bits per heavy atom. The number of hydrogen-bond acceptors (Lipinski definition) is 4. The molecule has 1 aliphatic heterocycles. The van der Waals surface area contributed by atoms with Gasteiger partial charge in [-0.15, -0.1) is 0 Å². The lowest BCUT2D eigenvalue weighted by atomic mass is 9.71. The summed E-state index contributed by atoms with van der Waals surface area (Å²) >= 11 is 3.40. The van der Waals surface area contributed by atoms with E-state index in [9.17, 15) is 14.7 Å². The zero-order valence-electron chi connectivity index (χ0n) is 15.2. The zero-order valence-corrected chi connectivity index (χ0v) is 16.8. The van der Waals surface area contributed by atoms with Crippen molar-refractivity contribution in [3.63, 3.8) is 0 Å². The van der Waals surface area contributed by atoms with Crippen molar-refractivity contribution in [3.05, 3.63) is 48.2 Å². The van der Waals surface area contributed by atoms with Gasteiger partial charge >= 0.3 is 12.1 Å². The fourth-order valence-electron chi connectivity index (χ4n) is 2.83. The van der Waals surface area contributed by atoms with Gasteiger partial charge in [0.2, 0.25) is 0 Å². The molecule has 1 heterocycles. The SMILES string of the molecule is CC(C)(C)C1(CCC(Br)C(=O)OCc2ccccc2)C=CN(C(=O)O)N1. The number of carbonyl (C=O) groups is 2. The van der Waals surface area contributed by atoms with Crippen LogP contribution >= 0.6 is 15.9 Å². The summed E-state index contributed by atoms with van der Waals surface area (Å²) in [5.41, 5.74) is 3.18. The minimum Gasteiger partial charge on any atom is -0.464 e. The third kappa shape index (κ3) is 4.86. The van der Waals surface area contributed by atoms with Crippen LogP contribution in [0.3, 0.4) is 0 Å². The first kappa shape index (κ1) is 20.5. The van der Waals surface area contributed by atoms with Gasteiger partial charge in [0.05, 0.1) is 5.54 Å². The Morgan fingerprint density at radius 3 is 2.50 bits per heavy atom. The van der Waals surface area contributed by atoms with Crippen molar-refractivity contribution in [2.75, 3.05) is 0 Å². The summed E-state index contributed by atoms with van der Waals surface area (Å²) in [5, 5.41) is 10.2. The monoisotopic (exact) mass is 424 g/mol. The van der Waals surface area contributed by atoms with Crippen molar-refractivity contribution in [2.45, 2.75) is 50.6 Å². The Hall–Kier alpha value is -1.86. The number of nitrogens with zero attached hydrogens (tertiary/aromatic N) is 1. The van der Waals surface area contributed by atoms with E-state index in [4.69, 9.17) is 4.74 Å². The molecule has 2 rings (SSSR count). The predicted octanol–water partition coefficient (Wildman–Crippen LogP) is 4.07. The van der Waals surface area contributed by atoms with Gasteiger partial charge in [-0.2, -0.15) is 0 Å². The fraction of sp³-hybridized carbons (Fsp3) is 0.474. The molecular weight excluding hydrogens is 400 g/mol. The van der Waals surface area contributed by atoms with Crippen LogP contribution in [0.4, 0.5) is 4.79 Å². The quantitative estimate of drug-likeness (QED) is 0.531. The number of hydrazine groups is 1. The predicted molar refractivity (Wildman–Crippen MR) is 103 cm³/mol. The largest absolute Gasteiger partial charge is 0.464 e. The van der Waals surface area contributed by atoms with Gasteiger partial charge in [0.15, 0.2) is 0 Å². The van der Waals surface area contributed by atoms with Gasteiger partial charge in [0, 0.05) is 6.20 Å².